The van der Waals surface area contributed by atoms with E-state index in [2.05, 4.69) is 10.6 Å². The largest absolute Gasteiger partial charge is 0.453 e. The maximum absolute atomic E-state index is 12.0. The fraction of sp³-hybridized carbons (Fsp3) is 0.583. The first-order valence-corrected chi connectivity index (χ1v) is 12.7. The summed E-state index contributed by atoms with van der Waals surface area (Å²) in [5.41, 5.74) is 1.48. The summed E-state index contributed by atoms with van der Waals surface area (Å²) in [6.45, 7) is 4.85. The van der Waals surface area contributed by atoms with Gasteiger partial charge < -0.3 is 34.3 Å². The van der Waals surface area contributed by atoms with Crippen LogP contribution in [-0.4, -0.2) is 81.0 Å². The number of nitrogens with one attached hydrogen (secondary N) is 2. The van der Waals surface area contributed by atoms with Gasteiger partial charge >= 0.3 is 3.98 Å². The molecule has 0 aliphatic heterocycles. The molecule has 0 unspecified atom stereocenters. The highest BCUT2D eigenvalue weighted by atomic mass is 127. The van der Waals surface area contributed by atoms with Crippen LogP contribution >= 0.6 is 22.6 Å². The lowest BCUT2D eigenvalue weighted by Crippen LogP contribution is -2.28. The maximum Gasteiger partial charge on any atom is 0.367 e. The molecule has 1 aromatic rings. The number of benzene rings is 1. The monoisotopic (exact) mass is 622 g/mol. The van der Waals surface area contributed by atoms with Crippen molar-refractivity contribution in [2.75, 3.05) is 64.7 Å². The maximum atomic E-state index is 12.0. The molecule has 0 aliphatic carbocycles. The number of carbonyl (C=O) groups excluding carboxylic acids is 4. The van der Waals surface area contributed by atoms with E-state index in [-0.39, 0.29) is 47.6 Å². The van der Waals surface area contributed by atoms with Gasteiger partial charge in [0.05, 0.1) is 81.9 Å². The Morgan fingerprint density at radius 2 is 1.25 bits per heavy atom. The van der Waals surface area contributed by atoms with E-state index < -0.39 is 0 Å². The third-order valence-electron chi connectivity index (χ3n) is 4.45. The fourth-order valence-corrected chi connectivity index (χ4v) is 2.74. The Balaban J connectivity index is 1.91. The minimum absolute atomic E-state index is 0.0864. The zero-order valence-corrected chi connectivity index (χ0v) is 22.7. The molecular weight excluding hydrogens is 587 g/mol. The molecule has 1 aromatic carbocycles. The predicted octanol–water partition coefficient (Wildman–Crippen LogP) is 2.64. The standard InChI is InChI=1S/C24H35IN2O9/c1-19(28)6-10-32-14-15-33-11-7-22(29)26-9-13-35-17-16-34-12-8-23(30)27-21-4-2-20(3-5-21)18-36-24(25)31/h2-5H,6-18H2,1H3,(H,26,29)(H,27,30). The first-order valence-electron chi connectivity index (χ1n) is 11.6. The molecule has 2 amide bonds. The van der Waals surface area contributed by atoms with E-state index >= 15 is 0 Å². The van der Waals surface area contributed by atoms with Gasteiger partial charge in [0.2, 0.25) is 11.8 Å². The highest BCUT2D eigenvalue weighted by Gasteiger charge is 2.04. The molecule has 0 atom stereocenters. The minimum atomic E-state index is -0.374. The van der Waals surface area contributed by atoms with Gasteiger partial charge in [0, 0.05) is 25.1 Å². The number of ether oxygens (including phenoxy) is 5. The minimum Gasteiger partial charge on any atom is -0.453 e. The average molecular weight is 622 g/mol. The topological polar surface area (TPSA) is 138 Å². The molecule has 0 bridgehead atoms. The highest BCUT2D eigenvalue weighted by molar-refractivity contribution is 14.1. The van der Waals surface area contributed by atoms with E-state index in [0.29, 0.717) is 64.9 Å². The number of carbonyl (C=O) groups is 4. The molecule has 0 saturated carbocycles. The molecule has 0 heterocycles. The number of rotatable bonds is 21. The molecule has 0 radical (unpaired) electrons. The van der Waals surface area contributed by atoms with Gasteiger partial charge in [-0.05, 0) is 24.6 Å². The van der Waals surface area contributed by atoms with Crippen molar-refractivity contribution in [1.29, 1.82) is 0 Å². The first kappa shape index (κ1) is 31.9. The molecule has 0 aromatic heterocycles. The SMILES string of the molecule is CC(=O)CCOCCOCCC(=O)NCCOCCOCCC(=O)Nc1ccc(COC(=O)I)cc1. The smallest absolute Gasteiger partial charge is 0.367 e. The van der Waals surface area contributed by atoms with Gasteiger partial charge in [-0.2, -0.15) is 0 Å². The third-order valence-corrected chi connectivity index (χ3v) is 4.76. The number of ketones is 1. The molecule has 12 heteroatoms. The lowest BCUT2D eigenvalue weighted by Gasteiger charge is -2.09. The van der Waals surface area contributed by atoms with E-state index in [1.54, 1.807) is 46.9 Å². The van der Waals surface area contributed by atoms with Crippen molar-refractivity contribution >= 4 is 49.9 Å². The Morgan fingerprint density at radius 1 is 0.722 bits per heavy atom. The Bertz CT molecular complexity index is 790. The number of anilines is 1. The summed E-state index contributed by atoms with van der Waals surface area (Å²) in [4.78, 5) is 45.2. The van der Waals surface area contributed by atoms with Gasteiger partial charge in [-0.15, -0.1) is 0 Å². The van der Waals surface area contributed by atoms with Crippen molar-refractivity contribution in [3.63, 3.8) is 0 Å². The number of hydrogen-bond acceptors (Lipinski definition) is 9. The molecule has 0 saturated heterocycles. The zero-order chi connectivity index (χ0) is 26.4. The summed E-state index contributed by atoms with van der Waals surface area (Å²) >= 11 is 1.56. The predicted molar refractivity (Wildman–Crippen MR) is 140 cm³/mol. The van der Waals surface area contributed by atoms with Gasteiger partial charge in [0.25, 0.3) is 0 Å². The van der Waals surface area contributed by atoms with Crippen LogP contribution in [0.25, 0.3) is 0 Å². The van der Waals surface area contributed by atoms with Gasteiger partial charge in [0.1, 0.15) is 12.4 Å². The quantitative estimate of drug-likeness (QED) is 0.120. The summed E-state index contributed by atoms with van der Waals surface area (Å²) in [6.07, 6.45) is 0.847. The number of amides is 2. The van der Waals surface area contributed by atoms with Gasteiger partial charge in [-0.1, -0.05) is 12.1 Å². The Labute approximate surface area is 225 Å². The second kappa shape index (κ2) is 21.0. The van der Waals surface area contributed by atoms with Crippen molar-refractivity contribution in [3.05, 3.63) is 29.8 Å². The van der Waals surface area contributed by atoms with Gasteiger partial charge in [-0.25, -0.2) is 4.79 Å². The van der Waals surface area contributed by atoms with E-state index in [0.717, 1.165) is 5.56 Å². The molecule has 0 fully saturated rings. The van der Waals surface area contributed by atoms with Crippen LogP contribution in [0, 0.1) is 0 Å². The molecule has 2 N–H and O–H groups in total. The van der Waals surface area contributed by atoms with E-state index in [1.165, 1.54) is 6.92 Å². The average Bonchev–Trinajstić information content (AvgIpc) is 2.84. The Morgan fingerprint density at radius 3 is 1.81 bits per heavy atom. The molecule has 202 valence electrons. The second-order valence-electron chi connectivity index (χ2n) is 7.52. The van der Waals surface area contributed by atoms with Crippen molar-refractivity contribution < 1.29 is 42.9 Å². The van der Waals surface area contributed by atoms with E-state index in [1.807, 2.05) is 0 Å². The number of Topliss-reactive ketones (excluding diaryl/α,β-unsaturated/α-hetero) is 1. The molecule has 11 nitrogen and oxygen atoms in total. The van der Waals surface area contributed by atoms with Crippen LogP contribution in [0.2, 0.25) is 0 Å². The third kappa shape index (κ3) is 19.1. The summed E-state index contributed by atoms with van der Waals surface area (Å²) < 4.78 is 25.8. The van der Waals surface area contributed by atoms with E-state index in [9.17, 15) is 19.2 Å². The van der Waals surface area contributed by atoms with Crippen LogP contribution in [0.15, 0.2) is 24.3 Å². The number of halogens is 1. The molecule has 0 aliphatic rings. The number of hydrogen-bond donors (Lipinski definition) is 2. The van der Waals surface area contributed by atoms with E-state index in [4.69, 9.17) is 23.7 Å². The first-order chi connectivity index (χ1) is 17.4. The summed E-state index contributed by atoms with van der Waals surface area (Å²) in [5, 5.41) is 5.50. The van der Waals surface area contributed by atoms with Crippen molar-refractivity contribution in [2.45, 2.75) is 32.8 Å². The van der Waals surface area contributed by atoms with Crippen LogP contribution in [-0.2, 0) is 44.7 Å². The van der Waals surface area contributed by atoms with Gasteiger partial charge in [-0.3, -0.25) is 14.4 Å². The van der Waals surface area contributed by atoms with Crippen molar-refractivity contribution in [2.24, 2.45) is 0 Å². The fourth-order valence-electron chi connectivity index (χ4n) is 2.59. The van der Waals surface area contributed by atoms with Crippen LogP contribution in [0.5, 0.6) is 0 Å². The summed E-state index contributed by atoms with van der Waals surface area (Å²) in [6, 6.07) is 7.03. The second-order valence-corrected chi connectivity index (χ2v) is 8.40. The Hall–Kier alpha value is -2.13. The normalized spacial score (nSPS) is 10.6. The van der Waals surface area contributed by atoms with Crippen LogP contribution in [0.3, 0.4) is 0 Å². The van der Waals surface area contributed by atoms with Crippen molar-refractivity contribution in [1.82, 2.24) is 5.32 Å². The Kier molecular flexibility index (Phi) is 18.6. The lowest BCUT2D eigenvalue weighted by atomic mass is 10.2. The highest BCUT2D eigenvalue weighted by Crippen LogP contribution is 2.11. The molecule has 36 heavy (non-hydrogen) atoms. The summed E-state index contributed by atoms with van der Waals surface area (Å²) in [7, 11) is 0. The van der Waals surface area contributed by atoms with Crippen LogP contribution < -0.4 is 10.6 Å². The van der Waals surface area contributed by atoms with Crippen molar-refractivity contribution in [3.8, 4) is 0 Å². The molecule has 1 rings (SSSR count). The van der Waals surface area contributed by atoms with Crippen LogP contribution in [0.1, 0.15) is 31.7 Å². The van der Waals surface area contributed by atoms with Gasteiger partial charge in [0.15, 0.2) is 0 Å². The lowest BCUT2D eigenvalue weighted by molar-refractivity contribution is -0.123. The van der Waals surface area contributed by atoms with Crippen LogP contribution in [0.4, 0.5) is 10.5 Å². The molecular formula is C24H35IN2O9. The summed E-state index contributed by atoms with van der Waals surface area (Å²) in [5.74, 6) is -0.213. The molecule has 0 spiro atoms. The zero-order valence-electron chi connectivity index (χ0n) is 20.6.